The van der Waals surface area contributed by atoms with E-state index >= 15 is 0 Å². The van der Waals surface area contributed by atoms with Gasteiger partial charge in [-0.25, -0.2) is 0 Å². The molecular formula is C59H107NO4. The maximum Gasteiger partial charge on any atom is 0.0935 e. The third-order valence-electron chi connectivity index (χ3n) is 18.1. The second kappa shape index (κ2) is 30.0. The molecule has 1 saturated heterocycles. The van der Waals surface area contributed by atoms with E-state index in [1.807, 2.05) is 0 Å². The van der Waals surface area contributed by atoms with Gasteiger partial charge in [-0.1, -0.05) is 142 Å². The first-order valence-electron chi connectivity index (χ1n) is 28.6. The van der Waals surface area contributed by atoms with Gasteiger partial charge < -0.3 is 18.9 Å². The highest BCUT2D eigenvalue weighted by Gasteiger charge is 2.59. The van der Waals surface area contributed by atoms with E-state index in [1.54, 1.807) is 5.57 Å². The van der Waals surface area contributed by atoms with E-state index in [1.165, 1.54) is 173 Å². The SMILES string of the molecule is CCCCCCCC/C=C\CCCCCCCCOCC(CN1CCCC1C)OCCCOCCCO[C@H]1CC[C@@]2(C)C(=CC[C@@H]3C2CC[C@]2(C)[C@@H]([C@H](C)CCCC(C)C)CC[C@@H]32)C1. The average Bonchev–Trinajstić information content (AvgIpc) is 3.86. The van der Waals surface area contributed by atoms with Crippen LogP contribution < -0.4 is 0 Å². The highest BCUT2D eigenvalue weighted by molar-refractivity contribution is 5.25. The lowest BCUT2D eigenvalue weighted by molar-refractivity contribution is -0.0651. The van der Waals surface area contributed by atoms with Crippen LogP contribution in [0.2, 0.25) is 0 Å². The summed E-state index contributed by atoms with van der Waals surface area (Å²) in [6, 6.07) is 0.657. The number of hydrogen-bond donors (Lipinski definition) is 0. The number of likely N-dealkylation sites (tertiary alicyclic amines) is 1. The van der Waals surface area contributed by atoms with E-state index in [0.29, 0.717) is 29.6 Å². The maximum atomic E-state index is 6.56. The van der Waals surface area contributed by atoms with Crippen molar-refractivity contribution in [2.45, 2.75) is 253 Å². The number of hydrogen-bond acceptors (Lipinski definition) is 5. The number of allylic oxidation sites excluding steroid dienone is 3. The molecular weight excluding hydrogens is 787 g/mol. The molecule has 64 heavy (non-hydrogen) atoms. The van der Waals surface area contributed by atoms with Crippen molar-refractivity contribution in [1.29, 1.82) is 0 Å². The van der Waals surface area contributed by atoms with Gasteiger partial charge in [0.15, 0.2) is 0 Å². The predicted molar refractivity (Wildman–Crippen MR) is 273 cm³/mol. The zero-order valence-electron chi connectivity index (χ0n) is 43.7. The lowest BCUT2D eigenvalue weighted by Gasteiger charge is -2.58. The average molecular weight is 895 g/mol. The van der Waals surface area contributed by atoms with Crippen molar-refractivity contribution in [2.24, 2.45) is 46.3 Å². The number of rotatable bonds is 35. The third kappa shape index (κ3) is 17.4. The molecule has 0 spiro atoms. The van der Waals surface area contributed by atoms with Crippen LogP contribution >= 0.6 is 0 Å². The van der Waals surface area contributed by atoms with Crippen molar-refractivity contribution in [3.05, 3.63) is 23.8 Å². The van der Waals surface area contributed by atoms with Gasteiger partial charge >= 0.3 is 0 Å². The van der Waals surface area contributed by atoms with Gasteiger partial charge in [-0.05, 0) is 169 Å². The predicted octanol–water partition coefficient (Wildman–Crippen LogP) is 16.1. The molecule has 0 amide bonds. The minimum absolute atomic E-state index is 0.150. The van der Waals surface area contributed by atoms with Gasteiger partial charge in [0.2, 0.25) is 0 Å². The molecule has 3 saturated carbocycles. The van der Waals surface area contributed by atoms with E-state index in [4.69, 9.17) is 18.9 Å². The smallest absolute Gasteiger partial charge is 0.0935 e. The summed E-state index contributed by atoms with van der Waals surface area (Å²) in [6.45, 7) is 24.3. The Morgan fingerprint density at radius 1 is 0.703 bits per heavy atom. The number of nitrogens with zero attached hydrogens (tertiary/aromatic N) is 1. The Morgan fingerprint density at radius 2 is 1.41 bits per heavy atom. The zero-order valence-corrected chi connectivity index (χ0v) is 43.7. The first-order valence-corrected chi connectivity index (χ1v) is 28.6. The first-order chi connectivity index (χ1) is 31.2. The van der Waals surface area contributed by atoms with Crippen LogP contribution in [0.1, 0.15) is 235 Å². The van der Waals surface area contributed by atoms with Crippen molar-refractivity contribution in [3.63, 3.8) is 0 Å². The Morgan fingerprint density at radius 3 is 2.12 bits per heavy atom. The number of ether oxygens (including phenoxy) is 4. The van der Waals surface area contributed by atoms with Crippen molar-refractivity contribution in [1.82, 2.24) is 4.90 Å². The van der Waals surface area contributed by atoms with Crippen molar-refractivity contribution >= 4 is 0 Å². The molecule has 5 heteroatoms. The monoisotopic (exact) mass is 894 g/mol. The summed E-state index contributed by atoms with van der Waals surface area (Å²) in [5, 5.41) is 0. The molecule has 10 atom stereocenters. The van der Waals surface area contributed by atoms with Crippen molar-refractivity contribution in [3.8, 4) is 0 Å². The summed E-state index contributed by atoms with van der Waals surface area (Å²) in [5.74, 6) is 5.41. The van der Waals surface area contributed by atoms with E-state index in [9.17, 15) is 0 Å². The van der Waals surface area contributed by atoms with Crippen molar-refractivity contribution < 1.29 is 18.9 Å². The van der Waals surface area contributed by atoms with E-state index in [2.05, 4.69) is 71.6 Å². The molecule has 1 aliphatic heterocycles. The summed E-state index contributed by atoms with van der Waals surface area (Å²) in [7, 11) is 0. The second-order valence-electron chi connectivity index (χ2n) is 23.3. The molecule has 0 aromatic heterocycles. The van der Waals surface area contributed by atoms with Gasteiger partial charge in [-0.15, -0.1) is 0 Å². The van der Waals surface area contributed by atoms with Crippen LogP contribution in [0, 0.1) is 46.3 Å². The molecule has 5 nitrogen and oxygen atoms in total. The minimum atomic E-state index is 0.150. The van der Waals surface area contributed by atoms with Crippen LogP contribution in [-0.2, 0) is 18.9 Å². The fourth-order valence-electron chi connectivity index (χ4n) is 14.1. The summed E-state index contributed by atoms with van der Waals surface area (Å²) in [5.41, 5.74) is 2.73. The van der Waals surface area contributed by atoms with Crippen LogP contribution in [-0.4, -0.2) is 75.9 Å². The highest BCUT2D eigenvalue weighted by atomic mass is 16.5. The second-order valence-corrected chi connectivity index (χ2v) is 23.3. The Kier molecular flexibility index (Phi) is 25.4. The minimum Gasteiger partial charge on any atom is -0.381 e. The van der Waals surface area contributed by atoms with Crippen molar-refractivity contribution in [2.75, 3.05) is 52.7 Å². The van der Waals surface area contributed by atoms with Crippen LogP contribution in [0.25, 0.3) is 0 Å². The molecule has 0 aromatic rings. The molecule has 5 aliphatic rings. The lowest BCUT2D eigenvalue weighted by atomic mass is 9.47. The molecule has 0 radical (unpaired) electrons. The summed E-state index contributed by atoms with van der Waals surface area (Å²) >= 11 is 0. The fourth-order valence-corrected chi connectivity index (χ4v) is 14.1. The molecule has 0 N–H and O–H groups in total. The quantitative estimate of drug-likeness (QED) is 0.0468. The summed E-state index contributed by atoms with van der Waals surface area (Å²) in [4.78, 5) is 2.61. The molecule has 4 aliphatic carbocycles. The summed E-state index contributed by atoms with van der Waals surface area (Å²) in [6.07, 6.45) is 46.6. The Balaban J connectivity index is 0.882. The van der Waals surface area contributed by atoms with Gasteiger partial charge in [0.25, 0.3) is 0 Å². The normalized spacial score (nSPS) is 30.5. The highest BCUT2D eigenvalue weighted by Crippen LogP contribution is 2.67. The molecule has 1 heterocycles. The standard InChI is InChI=1S/C59H107NO4/c1-8-9-10-11-12-13-14-15-16-17-18-19-20-21-22-23-40-62-47-53(46-60-39-25-30-50(60)5)64-44-27-42-61-41-26-43-63-52-35-37-58(6)51(45-52)31-32-54-56-34-33-55(49(4)29-24-28-48(2)3)59(56,7)38-36-57(54)58/h15-16,31,48-50,52-57H,8-14,17-30,32-47H2,1-7H3/b16-15-/t49-,50?,52+,53?,54+,55-,56+,57?,58+,59-/m1/s1. The fraction of sp³-hybridized carbons (Fsp3) is 0.932. The number of unbranched alkanes of at least 4 members (excludes halogenated alkanes) is 12. The van der Waals surface area contributed by atoms with E-state index < -0.39 is 0 Å². The molecule has 3 unspecified atom stereocenters. The first kappa shape index (κ1) is 54.2. The van der Waals surface area contributed by atoms with Gasteiger partial charge in [0.1, 0.15) is 0 Å². The lowest BCUT2D eigenvalue weighted by Crippen LogP contribution is -2.51. The molecule has 372 valence electrons. The van der Waals surface area contributed by atoms with E-state index in [-0.39, 0.29) is 6.10 Å². The Labute approximate surface area is 398 Å². The van der Waals surface area contributed by atoms with Crippen LogP contribution in [0.4, 0.5) is 0 Å². The van der Waals surface area contributed by atoms with Gasteiger partial charge in [-0.2, -0.15) is 0 Å². The largest absolute Gasteiger partial charge is 0.381 e. The topological polar surface area (TPSA) is 40.2 Å². The van der Waals surface area contributed by atoms with Crippen LogP contribution in [0.15, 0.2) is 23.8 Å². The zero-order chi connectivity index (χ0) is 45.5. The van der Waals surface area contributed by atoms with Gasteiger partial charge in [0.05, 0.1) is 18.8 Å². The maximum absolute atomic E-state index is 6.56. The summed E-state index contributed by atoms with van der Waals surface area (Å²) < 4.78 is 25.3. The third-order valence-corrected chi connectivity index (χ3v) is 18.1. The Bertz CT molecular complexity index is 1280. The van der Waals surface area contributed by atoms with E-state index in [0.717, 1.165) is 94.3 Å². The Hall–Kier alpha value is -0.720. The van der Waals surface area contributed by atoms with Gasteiger partial charge in [0, 0.05) is 45.6 Å². The van der Waals surface area contributed by atoms with Crippen LogP contribution in [0.5, 0.6) is 0 Å². The molecule has 0 aromatic carbocycles. The molecule has 4 fully saturated rings. The molecule has 0 bridgehead atoms. The number of fused-ring (bicyclic) bond motifs is 5. The van der Waals surface area contributed by atoms with Gasteiger partial charge in [-0.3, -0.25) is 4.90 Å². The van der Waals surface area contributed by atoms with Crippen LogP contribution in [0.3, 0.4) is 0 Å². The molecule has 5 rings (SSSR count).